The Balaban J connectivity index is 0.000000245. The highest BCUT2D eigenvalue weighted by Crippen LogP contribution is 2.30. The van der Waals surface area contributed by atoms with E-state index in [1.54, 1.807) is 23.7 Å². The maximum absolute atomic E-state index is 13.6. The highest BCUT2D eigenvalue weighted by atomic mass is 79.9. The molecule has 3 aromatic heterocycles. The van der Waals surface area contributed by atoms with E-state index in [1.807, 2.05) is 10.9 Å². The molecule has 1 aliphatic carbocycles. The SMILES string of the molecule is C[C@@H](O)c1cc(F)ccc1-n1nc(Cl)cc1Cc1cn(CC2CC2)nn1.O=[N+]([O-])c1ncc(Br)cc1F. The Hall–Kier alpha value is -3.29. The molecule has 1 saturated carbocycles. The molecule has 0 aliphatic heterocycles. The maximum Gasteiger partial charge on any atom is 0.399 e. The molecule has 0 bridgehead atoms. The minimum absolute atomic E-state index is 0.325. The third-order valence-corrected chi connectivity index (χ3v) is 6.09. The van der Waals surface area contributed by atoms with Crippen LogP contribution in [0.5, 0.6) is 0 Å². The molecule has 3 heterocycles. The van der Waals surface area contributed by atoms with E-state index in [2.05, 4.69) is 36.3 Å². The fraction of sp³-hybridized carbons (Fsp3) is 0.304. The first-order chi connectivity index (χ1) is 17.6. The second-order valence-electron chi connectivity index (χ2n) is 8.52. The van der Waals surface area contributed by atoms with Gasteiger partial charge in [-0.2, -0.15) is 9.49 Å². The van der Waals surface area contributed by atoms with Gasteiger partial charge in [0, 0.05) is 30.8 Å². The van der Waals surface area contributed by atoms with Crippen molar-refractivity contribution in [2.24, 2.45) is 5.92 Å². The van der Waals surface area contributed by atoms with Gasteiger partial charge >= 0.3 is 5.82 Å². The van der Waals surface area contributed by atoms with Crippen LogP contribution in [-0.2, 0) is 13.0 Å². The van der Waals surface area contributed by atoms with Gasteiger partial charge in [0.15, 0.2) is 11.3 Å². The zero-order valence-electron chi connectivity index (χ0n) is 19.4. The lowest BCUT2D eigenvalue weighted by Gasteiger charge is -2.14. The van der Waals surface area contributed by atoms with Crippen molar-refractivity contribution >= 4 is 33.3 Å². The van der Waals surface area contributed by atoms with E-state index in [4.69, 9.17) is 11.6 Å². The Morgan fingerprint density at radius 1 is 1.30 bits per heavy atom. The molecule has 194 valence electrons. The van der Waals surface area contributed by atoms with E-state index in [1.165, 1.54) is 31.2 Å². The number of hydrogen-bond acceptors (Lipinski definition) is 7. The topological polar surface area (TPSA) is 125 Å². The van der Waals surface area contributed by atoms with Crippen molar-refractivity contribution < 1.29 is 18.8 Å². The molecule has 14 heteroatoms. The van der Waals surface area contributed by atoms with E-state index in [-0.39, 0.29) is 0 Å². The van der Waals surface area contributed by atoms with Gasteiger partial charge in [-0.05, 0) is 75.8 Å². The van der Waals surface area contributed by atoms with Crippen LogP contribution in [0.1, 0.15) is 42.8 Å². The van der Waals surface area contributed by atoms with Gasteiger partial charge < -0.3 is 15.2 Å². The summed E-state index contributed by atoms with van der Waals surface area (Å²) in [5.74, 6) is -1.39. The van der Waals surface area contributed by atoms with E-state index >= 15 is 0 Å². The summed E-state index contributed by atoms with van der Waals surface area (Å²) in [6.45, 7) is 2.49. The third-order valence-electron chi connectivity index (χ3n) is 5.47. The predicted molar refractivity (Wildman–Crippen MR) is 133 cm³/mol. The highest BCUT2D eigenvalue weighted by molar-refractivity contribution is 9.10. The lowest BCUT2D eigenvalue weighted by molar-refractivity contribution is -0.392. The van der Waals surface area contributed by atoms with E-state index in [0.29, 0.717) is 27.3 Å². The Morgan fingerprint density at radius 2 is 2.05 bits per heavy atom. The minimum Gasteiger partial charge on any atom is -0.389 e. The van der Waals surface area contributed by atoms with Gasteiger partial charge in [0.1, 0.15) is 5.82 Å². The second-order valence-corrected chi connectivity index (χ2v) is 9.82. The average Bonchev–Trinajstić information content (AvgIpc) is 3.41. The number of rotatable bonds is 7. The van der Waals surface area contributed by atoms with Crippen LogP contribution in [0, 0.1) is 27.7 Å². The summed E-state index contributed by atoms with van der Waals surface area (Å²) in [7, 11) is 0. The van der Waals surface area contributed by atoms with Crippen molar-refractivity contribution in [3.8, 4) is 5.69 Å². The van der Waals surface area contributed by atoms with Crippen LogP contribution in [0.3, 0.4) is 0 Å². The quantitative estimate of drug-likeness (QED) is 0.230. The summed E-state index contributed by atoms with van der Waals surface area (Å²) >= 11 is 9.04. The van der Waals surface area contributed by atoms with Gasteiger partial charge in [0.05, 0.1) is 27.7 Å². The van der Waals surface area contributed by atoms with Crippen molar-refractivity contribution in [2.75, 3.05) is 0 Å². The number of aromatic nitrogens is 6. The zero-order chi connectivity index (χ0) is 26.7. The molecule has 0 spiro atoms. The Morgan fingerprint density at radius 3 is 2.70 bits per heavy atom. The van der Waals surface area contributed by atoms with Crippen LogP contribution >= 0.6 is 27.5 Å². The average molecular weight is 597 g/mol. The van der Waals surface area contributed by atoms with Crippen LogP contribution in [0.2, 0.25) is 5.15 Å². The first-order valence-corrected chi connectivity index (χ1v) is 12.3. The molecule has 10 nitrogen and oxygen atoms in total. The highest BCUT2D eigenvalue weighted by Gasteiger charge is 2.23. The second kappa shape index (κ2) is 11.4. The van der Waals surface area contributed by atoms with Gasteiger partial charge in [-0.25, -0.2) is 9.07 Å². The minimum atomic E-state index is -0.940. The molecule has 1 aromatic carbocycles. The van der Waals surface area contributed by atoms with E-state index in [0.717, 1.165) is 29.9 Å². The molecule has 4 aromatic rings. The Labute approximate surface area is 223 Å². The number of nitro groups is 1. The molecule has 1 atom stereocenters. The lowest BCUT2D eigenvalue weighted by Crippen LogP contribution is -2.08. The number of benzene rings is 1. The van der Waals surface area contributed by atoms with Gasteiger partial charge in [-0.1, -0.05) is 16.8 Å². The van der Waals surface area contributed by atoms with Gasteiger partial charge in [0.25, 0.3) is 0 Å². The molecular formula is C23H21BrClF2N7O3. The monoisotopic (exact) mass is 595 g/mol. The maximum atomic E-state index is 13.6. The molecule has 0 radical (unpaired) electrons. The molecule has 0 amide bonds. The molecule has 1 fully saturated rings. The van der Waals surface area contributed by atoms with Crippen LogP contribution in [-0.4, -0.2) is 39.8 Å². The summed E-state index contributed by atoms with van der Waals surface area (Å²) < 4.78 is 30.0. The number of pyridine rings is 1. The first-order valence-electron chi connectivity index (χ1n) is 11.2. The van der Waals surface area contributed by atoms with E-state index < -0.39 is 28.5 Å². The van der Waals surface area contributed by atoms with Crippen molar-refractivity contribution in [3.63, 3.8) is 0 Å². The largest absolute Gasteiger partial charge is 0.399 e. The van der Waals surface area contributed by atoms with Gasteiger partial charge in [-0.15, -0.1) is 5.10 Å². The summed E-state index contributed by atoms with van der Waals surface area (Å²) in [6, 6.07) is 6.98. The summed E-state index contributed by atoms with van der Waals surface area (Å²) in [5, 5.41) is 33.1. The number of nitrogens with zero attached hydrogens (tertiary/aromatic N) is 7. The predicted octanol–water partition coefficient (Wildman–Crippen LogP) is 5.20. The number of aliphatic hydroxyl groups excluding tert-OH is 1. The van der Waals surface area contributed by atoms with Gasteiger partial charge in [0.2, 0.25) is 5.82 Å². The van der Waals surface area contributed by atoms with Crippen molar-refractivity contribution in [3.05, 3.63) is 91.1 Å². The van der Waals surface area contributed by atoms with Crippen molar-refractivity contribution in [2.45, 2.75) is 38.8 Å². The first kappa shape index (κ1) is 26.8. The Kier molecular flexibility index (Phi) is 8.25. The molecule has 37 heavy (non-hydrogen) atoms. The summed E-state index contributed by atoms with van der Waals surface area (Å²) in [6.07, 6.45) is 5.26. The number of halogens is 4. The van der Waals surface area contributed by atoms with Crippen molar-refractivity contribution in [1.29, 1.82) is 0 Å². The number of aliphatic hydroxyl groups is 1. The fourth-order valence-electron chi connectivity index (χ4n) is 3.58. The molecule has 0 unspecified atom stereocenters. The molecule has 1 N–H and O–H groups in total. The third kappa shape index (κ3) is 6.93. The molecular weight excluding hydrogens is 576 g/mol. The molecule has 1 aliphatic rings. The number of hydrogen-bond donors (Lipinski definition) is 1. The normalized spacial score (nSPS) is 13.7. The van der Waals surface area contributed by atoms with Crippen LogP contribution in [0.4, 0.5) is 14.6 Å². The van der Waals surface area contributed by atoms with Crippen LogP contribution in [0.25, 0.3) is 5.69 Å². The summed E-state index contributed by atoms with van der Waals surface area (Å²) in [5.41, 5.74) is 2.64. The smallest absolute Gasteiger partial charge is 0.389 e. The zero-order valence-corrected chi connectivity index (χ0v) is 21.8. The van der Waals surface area contributed by atoms with Crippen molar-refractivity contribution in [1.82, 2.24) is 29.8 Å². The summed E-state index contributed by atoms with van der Waals surface area (Å²) in [4.78, 5) is 12.4. The Bertz CT molecular complexity index is 1430. The fourth-order valence-corrected chi connectivity index (χ4v) is 4.08. The van der Waals surface area contributed by atoms with E-state index in [9.17, 15) is 24.0 Å². The van der Waals surface area contributed by atoms with Gasteiger partial charge in [-0.3, -0.25) is 4.68 Å². The lowest BCUT2D eigenvalue weighted by atomic mass is 10.1. The van der Waals surface area contributed by atoms with Crippen LogP contribution < -0.4 is 0 Å². The standard InChI is InChI=1S/C18H19ClFN5O.C5H2BrFN2O2/c1-11(26)16-6-13(20)4-5-17(16)25-15(8-18(19)22-25)7-14-10-24(23-21-14)9-12-2-3-12;6-3-1-4(7)5(8-2-3)9(10)11/h4-6,8,10-12,26H,2-3,7,9H2,1H3;1-2H/t11-;/m1./s1. The van der Waals surface area contributed by atoms with Crippen LogP contribution in [0.15, 0.2) is 47.2 Å². The molecule has 5 rings (SSSR count). The molecule has 0 saturated heterocycles.